The van der Waals surface area contributed by atoms with Gasteiger partial charge in [-0.2, -0.15) is 12.7 Å². The molecular weight excluding hydrogens is 356 g/mol. The predicted octanol–water partition coefficient (Wildman–Crippen LogP) is 1.74. The van der Waals surface area contributed by atoms with Gasteiger partial charge in [-0.1, -0.05) is 0 Å². The molecule has 2 rings (SSSR count). The summed E-state index contributed by atoms with van der Waals surface area (Å²) in [6, 6.07) is 1.72. The molecule has 0 aromatic carbocycles. The van der Waals surface area contributed by atoms with Crippen molar-refractivity contribution in [3.05, 3.63) is 22.3 Å². The van der Waals surface area contributed by atoms with E-state index >= 15 is 0 Å². The van der Waals surface area contributed by atoms with Crippen molar-refractivity contribution in [2.45, 2.75) is 19.8 Å². The smallest absolute Gasteiger partial charge is 0.302 e. The minimum Gasteiger partial charge on any atom is -0.319 e. The summed E-state index contributed by atoms with van der Waals surface area (Å²) >= 11 is 3.35. The standard InChI is InChI=1S/C13H21BrN4O2S/c1-10-6-13(16-8-12(10)14)17-21(19,20)18-5-3-4-11(9-18)7-15-2/h6,8,11,15H,3-5,7,9H2,1-2H3,(H,16,17). The molecule has 1 aromatic heterocycles. The van der Waals surface area contributed by atoms with Gasteiger partial charge in [-0.05, 0) is 66.8 Å². The summed E-state index contributed by atoms with van der Waals surface area (Å²) in [4.78, 5) is 4.10. The van der Waals surface area contributed by atoms with Crippen LogP contribution in [0.3, 0.4) is 0 Å². The van der Waals surface area contributed by atoms with Gasteiger partial charge < -0.3 is 5.32 Å². The van der Waals surface area contributed by atoms with Crippen molar-refractivity contribution < 1.29 is 8.42 Å². The molecule has 118 valence electrons. The third kappa shape index (κ3) is 4.38. The number of halogens is 1. The van der Waals surface area contributed by atoms with Gasteiger partial charge in [-0.3, -0.25) is 4.72 Å². The Hall–Kier alpha value is -0.700. The maximum Gasteiger partial charge on any atom is 0.302 e. The molecule has 1 unspecified atom stereocenters. The largest absolute Gasteiger partial charge is 0.319 e. The van der Waals surface area contributed by atoms with Crippen molar-refractivity contribution in [2.24, 2.45) is 5.92 Å². The lowest BCUT2D eigenvalue weighted by Crippen LogP contribution is -2.44. The minimum atomic E-state index is -3.54. The van der Waals surface area contributed by atoms with E-state index in [0.717, 1.165) is 29.4 Å². The van der Waals surface area contributed by atoms with Crippen molar-refractivity contribution in [2.75, 3.05) is 31.4 Å². The van der Waals surface area contributed by atoms with Gasteiger partial charge in [0.15, 0.2) is 0 Å². The Labute approximate surface area is 134 Å². The Morgan fingerprint density at radius 2 is 2.29 bits per heavy atom. The van der Waals surface area contributed by atoms with Crippen molar-refractivity contribution in [1.82, 2.24) is 14.6 Å². The molecule has 1 aliphatic heterocycles. The van der Waals surface area contributed by atoms with Crippen LogP contribution in [0.5, 0.6) is 0 Å². The molecule has 1 atom stereocenters. The molecule has 0 bridgehead atoms. The zero-order valence-corrected chi connectivity index (χ0v) is 14.7. The van der Waals surface area contributed by atoms with Crippen LogP contribution >= 0.6 is 15.9 Å². The van der Waals surface area contributed by atoms with Gasteiger partial charge in [-0.25, -0.2) is 4.98 Å². The van der Waals surface area contributed by atoms with Gasteiger partial charge in [0.1, 0.15) is 5.82 Å². The Balaban J connectivity index is 2.08. The maximum atomic E-state index is 12.4. The van der Waals surface area contributed by atoms with E-state index in [1.807, 2.05) is 14.0 Å². The summed E-state index contributed by atoms with van der Waals surface area (Å²) in [6.07, 6.45) is 3.55. The number of aryl methyl sites for hydroxylation is 1. The van der Waals surface area contributed by atoms with Gasteiger partial charge in [0.25, 0.3) is 0 Å². The number of piperidine rings is 1. The molecule has 21 heavy (non-hydrogen) atoms. The third-order valence-electron chi connectivity index (χ3n) is 3.59. The molecule has 0 radical (unpaired) electrons. The van der Waals surface area contributed by atoms with Crippen LogP contribution in [0.15, 0.2) is 16.7 Å². The monoisotopic (exact) mass is 376 g/mol. The van der Waals surface area contributed by atoms with Gasteiger partial charge in [0.05, 0.1) is 0 Å². The number of aromatic nitrogens is 1. The Morgan fingerprint density at radius 1 is 1.52 bits per heavy atom. The first-order valence-electron chi connectivity index (χ1n) is 6.97. The summed E-state index contributed by atoms with van der Waals surface area (Å²) < 4.78 is 29.8. The van der Waals surface area contributed by atoms with Gasteiger partial charge in [-0.15, -0.1) is 0 Å². The van der Waals surface area contributed by atoms with Crippen molar-refractivity contribution in [3.8, 4) is 0 Å². The summed E-state index contributed by atoms with van der Waals surface area (Å²) in [6.45, 7) is 3.84. The molecule has 1 aliphatic rings. The second kappa shape index (κ2) is 7.04. The third-order valence-corrected chi connectivity index (χ3v) is 5.90. The summed E-state index contributed by atoms with van der Waals surface area (Å²) in [5, 5.41) is 3.11. The molecule has 0 aliphatic carbocycles. The molecule has 0 spiro atoms. The average Bonchev–Trinajstić information content (AvgIpc) is 2.43. The lowest BCUT2D eigenvalue weighted by molar-refractivity contribution is 0.264. The Bertz CT molecular complexity index is 592. The quantitative estimate of drug-likeness (QED) is 0.820. The van der Waals surface area contributed by atoms with Crippen LogP contribution in [-0.2, 0) is 10.2 Å². The number of rotatable bonds is 5. The van der Waals surface area contributed by atoms with Crippen LogP contribution in [0.2, 0.25) is 0 Å². The van der Waals surface area contributed by atoms with Crippen molar-refractivity contribution in [1.29, 1.82) is 0 Å². The zero-order chi connectivity index (χ0) is 15.5. The lowest BCUT2D eigenvalue weighted by atomic mass is 10.00. The molecule has 0 saturated carbocycles. The van der Waals surface area contributed by atoms with Crippen molar-refractivity contribution in [3.63, 3.8) is 0 Å². The second-order valence-electron chi connectivity index (χ2n) is 5.35. The first-order valence-corrected chi connectivity index (χ1v) is 9.20. The highest BCUT2D eigenvalue weighted by Crippen LogP contribution is 2.21. The highest BCUT2D eigenvalue weighted by molar-refractivity contribution is 9.10. The van der Waals surface area contributed by atoms with Crippen LogP contribution < -0.4 is 10.0 Å². The van der Waals surface area contributed by atoms with Crippen LogP contribution in [-0.4, -0.2) is 44.4 Å². The predicted molar refractivity (Wildman–Crippen MR) is 87.4 cm³/mol. The fourth-order valence-electron chi connectivity index (χ4n) is 2.49. The zero-order valence-electron chi connectivity index (χ0n) is 12.3. The second-order valence-corrected chi connectivity index (χ2v) is 7.87. The van der Waals surface area contributed by atoms with E-state index in [-0.39, 0.29) is 0 Å². The number of nitrogens with zero attached hydrogens (tertiary/aromatic N) is 2. The fourth-order valence-corrected chi connectivity index (χ4v) is 3.99. The van der Waals surface area contributed by atoms with Crippen LogP contribution in [0, 0.1) is 12.8 Å². The Morgan fingerprint density at radius 3 is 2.95 bits per heavy atom. The van der Waals surface area contributed by atoms with E-state index in [1.54, 1.807) is 12.3 Å². The molecule has 1 fully saturated rings. The first-order chi connectivity index (χ1) is 9.92. The Kier molecular flexibility index (Phi) is 5.59. The van der Waals surface area contributed by atoms with Gasteiger partial charge in [0, 0.05) is 23.8 Å². The van der Waals surface area contributed by atoms with E-state index in [0.29, 0.717) is 24.8 Å². The topological polar surface area (TPSA) is 74.3 Å². The number of nitrogens with one attached hydrogen (secondary N) is 2. The van der Waals surface area contributed by atoms with Gasteiger partial charge >= 0.3 is 10.2 Å². The van der Waals surface area contributed by atoms with E-state index in [4.69, 9.17) is 0 Å². The van der Waals surface area contributed by atoms with E-state index in [9.17, 15) is 8.42 Å². The van der Waals surface area contributed by atoms with E-state index in [1.165, 1.54) is 4.31 Å². The van der Waals surface area contributed by atoms with Crippen LogP contribution in [0.25, 0.3) is 0 Å². The molecule has 2 N–H and O–H groups in total. The molecular formula is C13H21BrN4O2S. The number of anilines is 1. The highest BCUT2D eigenvalue weighted by atomic mass is 79.9. The van der Waals surface area contributed by atoms with E-state index < -0.39 is 10.2 Å². The normalized spacial score (nSPS) is 20.4. The minimum absolute atomic E-state index is 0.353. The summed E-state index contributed by atoms with van der Waals surface area (Å²) in [7, 11) is -1.65. The first kappa shape index (κ1) is 16.7. The molecule has 2 heterocycles. The maximum absolute atomic E-state index is 12.4. The lowest BCUT2D eigenvalue weighted by Gasteiger charge is -2.31. The highest BCUT2D eigenvalue weighted by Gasteiger charge is 2.28. The molecule has 1 saturated heterocycles. The molecule has 8 heteroatoms. The van der Waals surface area contributed by atoms with Crippen molar-refractivity contribution >= 4 is 32.0 Å². The fraction of sp³-hybridized carbons (Fsp3) is 0.615. The summed E-state index contributed by atoms with van der Waals surface area (Å²) in [5.74, 6) is 0.714. The van der Waals surface area contributed by atoms with E-state index in [2.05, 4.69) is 31.0 Å². The molecule has 0 amide bonds. The molecule has 1 aromatic rings. The van der Waals surface area contributed by atoms with Gasteiger partial charge in [0.2, 0.25) is 0 Å². The molecule has 6 nitrogen and oxygen atoms in total. The average molecular weight is 377 g/mol. The number of hydrogen-bond donors (Lipinski definition) is 2. The number of hydrogen-bond acceptors (Lipinski definition) is 4. The number of pyridine rings is 1. The summed E-state index contributed by atoms with van der Waals surface area (Å²) in [5.41, 5.74) is 0.939. The van der Waals surface area contributed by atoms with Crippen LogP contribution in [0.1, 0.15) is 18.4 Å². The SMILES string of the molecule is CNCC1CCCN(S(=O)(=O)Nc2cc(C)c(Br)cn2)C1. The van der Waals surface area contributed by atoms with Crippen LogP contribution in [0.4, 0.5) is 5.82 Å².